The Morgan fingerprint density at radius 3 is 2.26 bits per heavy atom. The molecule has 1 aromatic rings. The molecule has 1 atom stereocenters. The summed E-state index contributed by atoms with van der Waals surface area (Å²) in [4.78, 5) is 0. The monoisotopic (exact) mass is 265 g/mol. The van der Waals surface area contributed by atoms with Crippen LogP contribution < -0.4 is 10.1 Å². The van der Waals surface area contributed by atoms with E-state index in [1.165, 1.54) is 16.7 Å². The van der Waals surface area contributed by atoms with Crippen molar-refractivity contribution in [1.82, 2.24) is 5.32 Å². The van der Waals surface area contributed by atoms with E-state index in [9.17, 15) is 0 Å². The number of nitrogens with one attached hydrogen (secondary N) is 1. The Kier molecular flexibility index (Phi) is 6.89. The molecule has 0 aliphatic heterocycles. The Balaban J connectivity index is 2.63. The molecule has 0 amide bonds. The Bertz CT molecular complexity index is 367. The van der Waals surface area contributed by atoms with Gasteiger partial charge in [0, 0.05) is 7.11 Å². The molecule has 108 valence electrons. The van der Waals surface area contributed by atoms with Crippen LogP contribution in [0.1, 0.15) is 30.0 Å². The van der Waals surface area contributed by atoms with Crippen LogP contribution in [0.3, 0.4) is 0 Å². The molecule has 0 aliphatic rings. The molecule has 0 radical (unpaired) electrons. The van der Waals surface area contributed by atoms with E-state index < -0.39 is 0 Å². The summed E-state index contributed by atoms with van der Waals surface area (Å²) < 4.78 is 11.2. The third kappa shape index (κ3) is 5.21. The fourth-order valence-corrected chi connectivity index (χ4v) is 2.29. The van der Waals surface area contributed by atoms with Crippen molar-refractivity contribution in [3.63, 3.8) is 0 Å². The molecule has 1 aromatic carbocycles. The van der Waals surface area contributed by atoms with Gasteiger partial charge in [-0.1, -0.05) is 24.6 Å². The zero-order chi connectivity index (χ0) is 14.3. The van der Waals surface area contributed by atoms with E-state index in [4.69, 9.17) is 9.47 Å². The van der Waals surface area contributed by atoms with Crippen LogP contribution in [0, 0.1) is 20.8 Å². The van der Waals surface area contributed by atoms with Gasteiger partial charge in [-0.05, 0) is 44.9 Å². The highest BCUT2D eigenvalue weighted by Crippen LogP contribution is 2.24. The summed E-state index contributed by atoms with van der Waals surface area (Å²) in [7, 11) is 1.73. The summed E-state index contributed by atoms with van der Waals surface area (Å²) in [6.07, 6.45) is 1.11. The summed E-state index contributed by atoms with van der Waals surface area (Å²) in [5.41, 5.74) is 3.67. The summed E-state index contributed by atoms with van der Waals surface area (Å²) in [5, 5.41) is 3.44. The average molecular weight is 265 g/mol. The highest BCUT2D eigenvalue weighted by Gasteiger charge is 2.11. The van der Waals surface area contributed by atoms with E-state index in [1.807, 2.05) is 0 Å². The first kappa shape index (κ1) is 16.0. The zero-order valence-corrected chi connectivity index (χ0v) is 12.9. The molecular weight excluding hydrogens is 238 g/mol. The number of benzene rings is 1. The molecule has 1 rings (SSSR count). The third-order valence-electron chi connectivity index (χ3n) is 3.08. The second kappa shape index (κ2) is 8.18. The largest absolute Gasteiger partial charge is 0.491 e. The van der Waals surface area contributed by atoms with Crippen molar-refractivity contribution in [2.75, 3.05) is 26.9 Å². The van der Waals surface area contributed by atoms with Gasteiger partial charge in [0.25, 0.3) is 0 Å². The van der Waals surface area contributed by atoms with Crippen LogP contribution in [0.15, 0.2) is 12.1 Å². The topological polar surface area (TPSA) is 30.5 Å². The molecule has 0 saturated heterocycles. The molecule has 0 fully saturated rings. The number of hydrogen-bond donors (Lipinski definition) is 1. The Morgan fingerprint density at radius 2 is 1.74 bits per heavy atom. The van der Waals surface area contributed by atoms with Gasteiger partial charge >= 0.3 is 0 Å². The minimum Gasteiger partial charge on any atom is -0.491 e. The van der Waals surface area contributed by atoms with Gasteiger partial charge in [-0.15, -0.1) is 0 Å². The van der Waals surface area contributed by atoms with Gasteiger partial charge < -0.3 is 14.8 Å². The smallest absolute Gasteiger partial charge is 0.125 e. The lowest BCUT2D eigenvalue weighted by Crippen LogP contribution is -2.39. The van der Waals surface area contributed by atoms with Crippen molar-refractivity contribution >= 4 is 0 Å². The molecule has 0 spiro atoms. The molecule has 0 heterocycles. The van der Waals surface area contributed by atoms with Crippen LogP contribution in [0.5, 0.6) is 5.75 Å². The van der Waals surface area contributed by atoms with Crippen LogP contribution in [0.2, 0.25) is 0 Å². The summed E-state index contributed by atoms with van der Waals surface area (Å²) >= 11 is 0. The van der Waals surface area contributed by atoms with Crippen molar-refractivity contribution in [3.05, 3.63) is 28.8 Å². The third-order valence-corrected chi connectivity index (χ3v) is 3.08. The van der Waals surface area contributed by atoms with Gasteiger partial charge in [-0.2, -0.15) is 0 Å². The lowest BCUT2D eigenvalue weighted by Gasteiger charge is -2.20. The molecule has 0 aliphatic carbocycles. The Labute approximate surface area is 117 Å². The van der Waals surface area contributed by atoms with Crippen LogP contribution in [-0.2, 0) is 4.74 Å². The average Bonchev–Trinajstić information content (AvgIpc) is 2.34. The van der Waals surface area contributed by atoms with Crippen LogP contribution in [-0.4, -0.2) is 32.9 Å². The van der Waals surface area contributed by atoms with E-state index in [-0.39, 0.29) is 6.04 Å². The minimum atomic E-state index is 0.241. The molecule has 0 saturated carbocycles. The maximum atomic E-state index is 5.99. The van der Waals surface area contributed by atoms with Gasteiger partial charge in [0.05, 0.1) is 12.6 Å². The number of rotatable bonds is 8. The Hall–Kier alpha value is -1.06. The van der Waals surface area contributed by atoms with Crippen molar-refractivity contribution in [1.29, 1.82) is 0 Å². The molecule has 0 bridgehead atoms. The standard InChI is InChI=1S/C16H27NO2/c1-6-7-17-15(10-18-5)11-19-16-13(3)8-12(2)9-14(16)4/h8-9,15,17H,6-7,10-11H2,1-5H3. The predicted octanol–water partition coefficient (Wildman–Crippen LogP) is 3.01. The van der Waals surface area contributed by atoms with E-state index in [0.717, 1.165) is 18.7 Å². The fraction of sp³-hybridized carbons (Fsp3) is 0.625. The summed E-state index contributed by atoms with van der Waals surface area (Å²) in [5.74, 6) is 1.00. The molecule has 3 heteroatoms. The normalized spacial score (nSPS) is 12.5. The SMILES string of the molecule is CCCNC(COC)COc1c(C)cc(C)cc1C. The lowest BCUT2D eigenvalue weighted by molar-refractivity contribution is 0.135. The highest BCUT2D eigenvalue weighted by molar-refractivity contribution is 5.42. The molecule has 1 N–H and O–H groups in total. The van der Waals surface area contributed by atoms with Gasteiger partial charge in [0.1, 0.15) is 12.4 Å². The van der Waals surface area contributed by atoms with Crippen molar-refractivity contribution in [3.8, 4) is 5.75 Å². The number of hydrogen-bond acceptors (Lipinski definition) is 3. The first-order valence-electron chi connectivity index (χ1n) is 7.01. The zero-order valence-electron chi connectivity index (χ0n) is 12.9. The lowest BCUT2D eigenvalue weighted by atomic mass is 10.1. The van der Waals surface area contributed by atoms with E-state index in [1.54, 1.807) is 7.11 Å². The van der Waals surface area contributed by atoms with Crippen molar-refractivity contribution in [2.24, 2.45) is 0 Å². The van der Waals surface area contributed by atoms with Crippen LogP contribution >= 0.6 is 0 Å². The first-order chi connectivity index (χ1) is 9.08. The van der Waals surface area contributed by atoms with E-state index in [2.05, 4.69) is 45.1 Å². The van der Waals surface area contributed by atoms with Gasteiger partial charge in [-0.25, -0.2) is 0 Å². The van der Waals surface area contributed by atoms with Crippen molar-refractivity contribution < 1.29 is 9.47 Å². The summed E-state index contributed by atoms with van der Waals surface area (Å²) in [6, 6.07) is 4.56. The maximum absolute atomic E-state index is 5.99. The van der Waals surface area contributed by atoms with Gasteiger partial charge in [-0.3, -0.25) is 0 Å². The predicted molar refractivity (Wildman–Crippen MR) is 80.1 cm³/mol. The summed E-state index contributed by atoms with van der Waals surface area (Å²) in [6.45, 7) is 10.8. The molecule has 1 unspecified atom stereocenters. The van der Waals surface area contributed by atoms with Crippen molar-refractivity contribution in [2.45, 2.75) is 40.2 Å². The van der Waals surface area contributed by atoms with Gasteiger partial charge in [0.15, 0.2) is 0 Å². The van der Waals surface area contributed by atoms with E-state index in [0.29, 0.717) is 13.2 Å². The maximum Gasteiger partial charge on any atom is 0.125 e. The van der Waals surface area contributed by atoms with Crippen LogP contribution in [0.25, 0.3) is 0 Å². The number of aryl methyl sites for hydroxylation is 3. The van der Waals surface area contributed by atoms with Crippen LogP contribution in [0.4, 0.5) is 0 Å². The molecule has 19 heavy (non-hydrogen) atoms. The number of ether oxygens (including phenoxy) is 2. The fourth-order valence-electron chi connectivity index (χ4n) is 2.29. The first-order valence-corrected chi connectivity index (χ1v) is 7.01. The quantitative estimate of drug-likeness (QED) is 0.784. The number of methoxy groups -OCH3 is 1. The molecule has 3 nitrogen and oxygen atoms in total. The highest BCUT2D eigenvalue weighted by atomic mass is 16.5. The Morgan fingerprint density at radius 1 is 1.11 bits per heavy atom. The van der Waals surface area contributed by atoms with E-state index >= 15 is 0 Å². The van der Waals surface area contributed by atoms with Gasteiger partial charge in [0.2, 0.25) is 0 Å². The molecular formula is C16H27NO2. The molecule has 0 aromatic heterocycles. The second-order valence-corrected chi connectivity index (χ2v) is 5.15. The second-order valence-electron chi connectivity index (χ2n) is 5.15. The minimum absolute atomic E-state index is 0.241.